The van der Waals surface area contributed by atoms with Gasteiger partial charge in [0, 0.05) is 24.5 Å². The Hall–Kier alpha value is -0.910. The van der Waals surface area contributed by atoms with Crippen molar-refractivity contribution < 1.29 is 9.90 Å². The summed E-state index contributed by atoms with van der Waals surface area (Å²) < 4.78 is 0. The molecule has 3 atom stereocenters. The molecule has 4 nitrogen and oxygen atoms in total. The van der Waals surface area contributed by atoms with Gasteiger partial charge in [-0.2, -0.15) is 0 Å². The molecule has 0 saturated heterocycles. The molecule has 0 aromatic carbocycles. The monoisotopic (exact) mass is 322 g/mol. The van der Waals surface area contributed by atoms with Crippen LogP contribution < -0.4 is 0 Å². The molecular weight excluding hydrogens is 296 g/mol. The summed E-state index contributed by atoms with van der Waals surface area (Å²) in [5.74, 6) is 0.539. The van der Waals surface area contributed by atoms with Crippen LogP contribution in [0.1, 0.15) is 36.6 Å². The summed E-state index contributed by atoms with van der Waals surface area (Å²) >= 11 is 1.80. The zero-order chi connectivity index (χ0) is 15.7. The van der Waals surface area contributed by atoms with Crippen LogP contribution in [-0.2, 0) is 17.8 Å². The van der Waals surface area contributed by atoms with Crippen molar-refractivity contribution in [1.29, 1.82) is 0 Å². The molecule has 0 spiro atoms. The highest BCUT2D eigenvalue weighted by Crippen LogP contribution is 2.27. The lowest BCUT2D eigenvalue weighted by molar-refractivity contribution is -0.137. The average molecular weight is 322 g/mol. The highest BCUT2D eigenvalue weighted by molar-refractivity contribution is 7.10. The summed E-state index contributed by atoms with van der Waals surface area (Å²) in [6, 6.07) is 2.02. The Morgan fingerprint density at radius 1 is 1.55 bits per heavy atom. The van der Waals surface area contributed by atoms with E-state index in [-0.39, 0.29) is 18.1 Å². The Morgan fingerprint density at radius 2 is 2.36 bits per heavy atom. The molecule has 122 valence electrons. The smallest absolute Gasteiger partial charge is 0.239 e. The minimum atomic E-state index is -0.187. The summed E-state index contributed by atoms with van der Waals surface area (Å²) in [5.41, 5.74) is 1.31. The maximum absolute atomic E-state index is 12.8. The van der Waals surface area contributed by atoms with Crippen molar-refractivity contribution in [3.63, 3.8) is 0 Å². The average Bonchev–Trinajstić information content (AvgIpc) is 3.14. The molecule has 1 aliphatic heterocycles. The fraction of sp³-hybridized carbons (Fsp3) is 0.706. The summed E-state index contributed by atoms with van der Waals surface area (Å²) in [7, 11) is 2.01. The van der Waals surface area contributed by atoms with Crippen LogP contribution in [0.4, 0.5) is 0 Å². The van der Waals surface area contributed by atoms with Gasteiger partial charge in [-0.25, -0.2) is 0 Å². The third-order valence-corrected chi connectivity index (χ3v) is 6.30. The number of carbonyl (C=O) groups is 1. The predicted octanol–water partition coefficient (Wildman–Crippen LogP) is 2.11. The molecule has 2 heterocycles. The van der Waals surface area contributed by atoms with Crippen molar-refractivity contribution in [3.8, 4) is 0 Å². The molecule has 1 aromatic rings. The number of rotatable bonds is 4. The second kappa shape index (κ2) is 6.69. The molecule has 1 N–H and O–H groups in total. The van der Waals surface area contributed by atoms with E-state index in [1.807, 2.05) is 18.9 Å². The van der Waals surface area contributed by atoms with Gasteiger partial charge in [-0.15, -0.1) is 11.3 Å². The van der Waals surface area contributed by atoms with Crippen LogP contribution in [0.25, 0.3) is 0 Å². The van der Waals surface area contributed by atoms with Crippen molar-refractivity contribution >= 4 is 17.2 Å². The molecule has 1 saturated carbocycles. The van der Waals surface area contributed by atoms with Gasteiger partial charge in [0.1, 0.15) is 0 Å². The third kappa shape index (κ3) is 3.21. The van der Waals surface area contributed by atoms with E-state index >= 15 is 0 Å². The highest BCUT2D eigenvalue weighted by Gasteiger charge is 2.31. The molecule has 1 amide bonds. The van der Waals surface area contributed by atoms with Crippen molar-refractivity contribution in [1.82, 2.24) is 9.80 Å². The molecule has 3 unspecified atom stereocenters. The number of hydrogen-bond donors (Lipinski definition) is 1. The molecular formula is C17H26N2O2S. The van der Waals surface area contributed by atoms with E-state index in [9.17, 15) is 9.90 Å². The number of fused-ring (bicyclic) bond motifs is 1. The van der Waals surface area contributed by atoms with Gasteiger partial charge in [0.25, 0.3) is 0 Å². The third-order valence-electron chi connectivity index (χ3n) is 5.28. The zero-order valence-corrected chi connectivity index (χ0v) is 14.3. The minimum Gasteiger partial charge on any atom is -0.393 e. The lowest BCUT2D eigenvalue weighted by atomic mass is 10.0. The van der Waals surface area contributed by atoms with Crippen LogP contribution in [0, 0.1) is 5.92 Å². The van der Waals surface area contributed by atoms with Gasteiger partial charge in [0.2, 0.25) is 5.91 Å². The first-order valence-electron chi connectivity index (χ1n) is 8.28. The Morgan fingerprint density at radius 3 is 3.09 bits per heavy atom. The van der Waals surface area contributed by atoms with E-state index in [0.29, 0.717) is 5.92 Å². The number of nitrogens with zero attached hydrogens (tertiary/aromatic N) is 2. The number of hydrogen-bond acceptors (Lipinski definition) is 4. The lowest BCUT2D eigenvalue weighted by Crippen LogP contribution is -2.48. The standard InChI is InChI=1S/C17H26N2O2S/c1-12(18(2)10-13-4-3-5-15(13)20)17(21)19-8-6-16-14(11-19)7-9-22-16/h7,9,12-13,15,20H,3-6,8,10-11H2,1-2H3. The van der Waals surface area contributed by atoms with E-state index in [2.05, 4.69) is 16.3 Å². The minimum absolute atomic E-state index is 0.118. The molecule has 22 heavy (non-hydrogen) atoms. The summed E-state index contributed by atoms with van der Waals surface area (Å²) in [6.07, 6.45) is 3.89. The van der Waals surface area contributed by atoms with Crippen LogP contribution in [0.15, 0.2) is 11.4 Å². The molecule has 5 heteroatoms. The fourth-order valence-corrected chi connectivity index (χ4v) is 4.54. The fourth-order valence-electron chi connectivity index (χ4n) is 3.65. The highest BCUT2D eigenvalue weighted by atomic mass is 32.1. The van der Waals surface area contributed by atoms with Crippen molar-refractivity contribution in [2.45, 2.75) is 51.3 Å². The van der Waals surface area contributed by atoms with Gasteiger partial charge >= 0.3 is 0 Å². The lowest BCUT2D eigenvalue weighted by Gasteiger charge is -2.34. The number of aliphatic hydroxyl groups is 1. The van der Waals surface area contributed by atoms with Crippen molar-refractivity contribution in [2.75, 3.05) is 20.1 Å². The van der Waals surface area contributed by atoms with Gasteiger partial charge in [0.15, 0.2) is 0 Å². The van der Waals surface area contributed by atoms with Crippen molar-refractivity contribution in [3.05, 3.63) is 21.9 Å². The van der Waals surface area contributed by atoms with E-state index in [1.165, 1.54) is 10.4 Å². The maximum atomic E-state index is 12.8. The maximum Gasteiger partial charge on any atom is 0.239 e. The largest absolute Gasteiger partial charge is 0.393 e. The van der Waals surface area contributed by atoms with Gasteiger partial charge in [-0.05, 0) is 56.2 Å². The molecule has 1 aliphatic carbocycles. The summed E-state index contributed by atoms with van der Waals surface area (Å²) in [6.45, 7) is 4.39. The summed E-state index contributed by atoms with van der Waals surface area (Å²) in [5, 5.41) is 12.1. The zero-order valence-electron chi connectivity index (χ0n) is 13.5. The molecule has 3 rings (SSSR count). The first-order valence-corrected chi connectivity index (χ1v) is 9.16. The van der Waals surface area contributed by atoms with Crippen molar-refractivity contribution in [2.24, 2.45) is 5.92 Å². The van der Waals surface area contributed by atoms with Gasteiger partial charge < -0.3 is 10.0 Å². The molecule has 0 radical (unpaired) electrons. The first-order chi connectivity index (χ1) is 10.6. The SMILES string of the molecule is CC(C(=O)N1CCc2sccc2C1)N(C)CC1CCCC1O. The normalized spacial score (nSPS) is 26.3. The molecule has 1 fully saturated rings. The van der Waals surface area contributed by atoms with Crippen LogP contribution in [0.2, 0.25) is 0 Å². The first kappa shape index (κ1) is 16.0. The Kier molecular flexibility index (Phi) is 4.85. The van der Waals surface area contributed by atoms with Gasteiger partial charge in [-0.3, -0.25) is 9.69 Å². The number of aliphatic hydroxyl groups excluding tert-OH is 1. The Balaban J connectivity index is 1.57. The van der Waals surface area contributed by atoms with E-state index in [1.54, 1.807) is 11.3 Å². The number of amides is 1. The van der Waals surface area contributed by atoms with E-state index in [4.69, 9.17) is 0 Å². The Bertz CT molecular complexity index is 530. The molecule has 0 bridgehead atoms. The van der Waals surface area contributed by atoms with Gasteiger partial charge in [-0.1, -0.05) is 6.42 Å². The second-order valence-corrected chi connectivity index (χ2v) is 7.75. The quantitative estimate of drug-likeness (QED) is 0.923. The predicted molar refractivity (Wildman–Crippen MR) is 88.9 cm³/mol. The second-order valence-electron chi connectivity index (χ2n) is 6.75. The number of likely N-dealkylation sites (N-methyl/N-ethyl adjacent to an activating group) is 1. The topological polar surface area (TPSA) is 43.8 Å². The van der Waals surface area contributed by atoms with E-state index in [0.717, 1.165) is 45.3 Å². The Labute approximate surface area is 136 Å². The van der Waals surface area contributed by atoms with Crippen LogP contribution >= 0.6 is 11.3 Å². The van der Waals surface area contributed by atoms with Gasteiger partial charge in [0.05, 0.1) is 12.1 Å². The van der Waals surface area contributed by atoms with E-state index < -0.39 is 0 Å². The number of carbonyl (C=O) groups excluding carboxylic acids is 1. The number of thiophene rings is 1. The molecule has 2 aliphatic rings. The van der Waals surface area contributed by atoms with Crippen LogP contribution in [-0.4, -0.2) is 53.1 Å². The molecule has 1 aromatic heterocycles. The summed E-state index contributed by atoms with van der Waals surface area (Å²) in [4.78, 5) is 18.3. The van der Waals surface area contributed by atoms with Crippen LogP contribution in [0.5, 0.6) is 0 Å². The van der Waals surface area contributed by atoms with Crippen LogP contribution in [0.3, 0.4) is 0 Å².